The zero-order valence-electron chi connectivity index (χ0n) is 10.8. The molecule has 2 rings (SSSR count). The molecule has 1 aromatic carbocycles. The van der Waals surface area contributed by atoms with Crippen LogP contribution in [-0.2, 0) is 0 Å². The van der Waals surface area contributed by atoms with Crippen molar-refractivity contribution in [2.75, 3.05) is 44.2 Å². The van der Waals surface area contributed by atoms with Gasteiger partial charge >= 0.3 is 0 Å². The van der Waals surface area contributed by atoms with Gasteiger partial charge < -0.3 is 10.0 Å². The van der Waals surface area contributed by atoms with Gasteiger partial charge in [-0.1, -0.05) is 15.9 Å². The number of benzene rings is 1. The normalized spacial score (nSPS) is 17.0. The average Bonchev–Trinajstić information content (AvgIpc) is 2.65. The van der Waals surface area contributed by atoms with E-state index >= 15 is 0 Å². The van der Waals surface area contributed by atoms with Crippen molar-refractivity contribution in [1.82, 2.24) is 4.90 Å². The lowest BCUT2D eigenvalue weighted by molar-refractivity contribution is 0.204. The van der Waals surface area contributed by atoms with Gasteiger partial charge in [0, 0.05) is 30.7 Å². The Kier molecular flexibility index (Phi) is 5.20. The first-order valence-corrected chi connectivity index (χ1v) is 7.31. The first-order valence-electron chi connectivity index (χ1n) is 6.52. The Morgan fingerprint density at radius 1 is 1.26 bits per heavy atom. The van der Waals surface area contributed by atoms with Crippen molar-refractivity contribution in [1.29, 1.82) is 5.26 Å². The first kappa shape index (κ1) is 14.3. The van der Waals surface area contributed by atoms with Crippen molar-refractivity contribution in [2.24, 2.45) is 0 Å². The van der Waals surface area contributed by atoms with E-state index < -0.39 is 0 Å². The number of aliphatic hydroxyl groups is 1. The summed E-state index contributed by atoms with van der Waals surface area (Å²) in [6.45, 7) is 4.72. The molecule has 0 aliphatic carbocycles. The first-order chi connectivity index (χ1) is 9.24. The molecule has 0 saturated carbocycles. The zero-order chi connectivity index (χ0) is 13.7. The lowest BCUT2D eigenvalue weighted by atomic mass is 10.1. The molecule has 0 radical (unpaired) electrons. The van der Waals surface area contributed by atoms with Gasteiger partial charge in [-0.25, -0.2) is 0 Å². The van der Waals surface area contributed by atoms with Gasteiger partial charge in [-0.15, -0.1) is 0 Å². The zero-order valence-corrected chi connectivity index (χ0v) is 12.4. The Balaban J connectivity index is 2.14. The standard InChI is InChI=1S/C14H18BrN3O/c15-13-3-2-12(11-16)14(10-13)18-5-1-4-17(6-7-18)8-9-19/h2-3,10,19H,1,4-9H2. The van der Waals surface area contributed by atoms with Crippen molar-refractivity contribution in [3.05, 3.63) is 28.2 Å². The van der Waals surface area contributed by atoms with E-state index in [2.05, 4.69) is 31.8 Å². The molecule has 19 heavy (non-hydrogen) atoms. The summed E-state index contributed by atoms with van der Waals surface area (Å²) in [5, 5.41) is 18.2. The van der Waals surface area contributed by atoms with E-state index in [0.717, 1.165) is 54.9 Å². The molecule has 0 aromatic heterocycles. The second-order valence-electron chi connectivity index (χ2n) is 4.68. The van der Waals surface area contributed by atoms with E-state index in [4.69, 9.17) is 5.11 Å². The monoisotopic (exact) mass is 323 g/mol. The predicted octanol–water partition coefficient (Wildman–Crippen LogP) is 1.83. The maximum Gasteiger partial charge on any atom is 0.101 e. The fraction of sp³-hybridized carbons (Fsp3) is 0.500. The Bertz CT molecular complexity index is 472. The van der Waals surface area contributed by atoms with Crippen LogP contribution in [0.1, 0.15) is 12.0 Å². The van der Waals surface area contributed by atoms with Crippen LogP contribution in [0.3, 0.4) is 0 Å². The van der Waals surface area contributed by atoms with E-state index in [0.29, 0.717) is 0 Å². The highest BCUT2D eigenvalue weighted by Crippen LogP contribution is 2.25. The molecule has 0 spiro atoms. The van der Waals surface area contributed by atoms with Crippen LogP contribution in [0.2, 0.25) is 0 Å². The van der Waals surface area contributed by atoms with Crippen LogP contribution in [0.5, 0.6) is 0 Å². The van der Waals surface area contributed by atoms with Crippen LogP contribution < -0.4 is 4.90 Å². The highest BCUT2D eigenvalue weighted by molar-refractivity contribution is 9.10. The minimum atomic E-state index is 0.209. The molecule has 0 atom stereocenters. The van der Waals surface area contributed by atoms with Crippen molar-refractivity contribution in [3.63, 3.8) is 0 Å². The van der Waals surface area contributed by atoms with E-state index in [-0.39, 0.29) is 6.61 Å². The number of nitriles is 1. The van der Waals surface area contributed by atoms with Crippen LogP contribution in [0.4, 0.5) is 5.69 Å². The Morgan fingerprint density at radius 2 is 2.11 bits per heavy atom. The second kappa shape index (κ2) is 6.90. The van der Waals surface area contributed by atoms with Gasteiger partial charge in [-0.05, 0) is 31.2 Å². The van der Waals surface area contributed by atoms with Crippen molar-refractivity contribution >= 4 is 21.6 Å². The summed E-state index contributed by atoms with van der Waals surface area (Å²) in [6.07, 6.45) is 1.05. The summed E-state index contributed by atoms with van der Waals surface area (Å²) in [5.74, 6) is 0. The smallest absolute Gasteiger partial charge is 0.101 e. The molecule has 0 bridgehead atoms. The fourth-order valence-corrected chi connectivity index (χ4v) is 2.79. The fourth-order valence-electron chi connectivity index (χ4n) is 2.44. The molecule has 0 unspecified atom stereocenters. The second-order valence-corrected chi connectivity index (χ2v) is 5.59. The van der Waals surface area contributed by atoms with Crippen LogP contribution in [0.15, 0.2) is 22.7 Å². The summed E-state index contributed by atoms with van der Waals surface area (Å²) in [4.78, 5) is 4.53. The number of nitrogens with zero attached hydrogens (tertiary/aromatic N) is 3. The maximum atomic E-state index is 9.21. The van der Waals surface area contributed by atoms with Gasteiger partial charge in [-0.2, -0.15) is 5.26 Å². The molecule has 1 aromatic rings. The van der Waals surface area contributed by atoms with Gasteiger partial charge in [0.25, 0.3) is 0 Å². The molecule has 1 aliphatic heterocycles. The summed E-state index contributed by atoms with van der Waals surface area (Å²) in [7, 11) is 0. The lowest BCUT2D eigenvalue weighted by Crippen LogP contribution is -2.32. The van der Waals surface area contributed by atoms with Crippen LogP contribution in [-0.4, -0.2) is 49.3 Å². The lowest BCUT2D eigenvalue weighted by Gasteiger charge is -2.24. The number of aliphatic hydroxyl groups excluding tert-OH is 1. The third-order valence-corrected chi connectivity index (χ3v) is 3.92. The number of rotatable bonds is 3. The van der Waals surface area contributed by atoms with E-state index in [9.17, 15) is 5.26 Å². The summed E-state index contributed by atoms with van der Waals surface area (Å²) >= 11 is 3.47. The molecule has 102 valence electrons. The highest BCUT2D eigenvalue weighted by Gasteiger charge is 2.17. The van der Waals surface area contributed by atoms with E-state index in [1.165, 1.54) is 0 Å². The van der Waals surface area contributed by atoms with Gasteiger partial charge in [0.15, 0.2) is 0 Å². The van der Waals surface area contributed by atoms with Crippen molar-refractivity contribution in [2.45, 2.75) is 6.42 Å². The molecular formula is C14H18BrN3O. The summed E-state index contributed by atoms with van der Waals surface area (Å²) < 4.78 is 0.998. The van der Waals surface area contributed by atoms with Gasteiger partial charge in [-0.3, -0.25) is 4.90 Å². The van der Waals surface area contributed by atoms with Gasteiger partial charge in [0.2, 0.25) is 0 Å². The predicted molar refractivity (Wildman–Crippen MR) is 79.2 cm³/mol. The largest absolute Gasteiger partial charge is 0.395 e. The Morgan fingerprint density at radius 3 is 2.84 bits per heavy atom. The van der Waals surface area contributed by atoms with Crippen molar-refractivity contribution < 1.29 is 5.11 Å². The quantitative estimate of drug-likeness (QED) is 0.922. The molecule has 1 saturated heterocycles. The number of β-amino-alcohol motifs (C(OH)–C–C–N with tert-alkyl or cyclic N) is 1. The third kappa shape index (κ3) is 3.69. The van der Waals surface area contributed by atoms with Gasteiger partial charge in [0.1, 0.15) is 6.07 Å². The average molecular weight is 324 g/mol. The molecular weight excluding hydrogens is 306 g/mol. The molecule has 0 amide bonds. The third-order valence-electron chi connectivity index (χ3n) is 3.43. The molecule has 1 aliphatic rings. The topological polar surface area (TPSA) is 50.5 Å². The van der Waals surface area contributed by atoms with Crippen molar-refractivity contribution in [3.8, 4) is 6.07 Å². The highest BCUT2D eigenvalue weighted by atomic mass is 79.9. The van der Waals surface area contributed by atoms with E-state index in [1.807, 2.05) is 18.2 Å². The van der Waals surface area contributed by atoms with Crippen LogP contribution in [0, 0.1) is 11.3 Å². The number of hydrogen-bond acceptors (Lipinski definition) is 4. The number of halogens is 1. The minimum Gasteiger partial charge on any atom is -0.395 e. The maximum absolute atomic E-state index is 9.21. The van der Waals surface area contributed by atoms with Gasteiger partial charge in [0.05, 0.1) is 17.9 Å². The summed E-state index contributed by atoms with van der Waals surface area (Å²) in [6, 6.07) is 8.03. The molecule has 4 nitrogen and oxygen atoms in total. The molecule has 5 heteroatoms. The Hall–Kier alpha value is -1.09. The molecule has 1 heterocycles. The molecule has 1 N–H and O–H groups in total. The minimum absolute atomic E-state index is 0.209. The number of hydrogen-bond donors (Lipinski definition) is 1. The van der Waals surface area contributed by atoms with E-state index in [1.54, 1.807) is 0 Å². The summed E-state index contributed by atoms with van der Waals surface area (Å²) in [5.41, 5.74) is 1.72. The Labute approximate surface area is 122 Å². The number of anilines is 1. The van der Waals surface area contributed by atoms with Crippen LogP contribution >= 0.6 is 15.9 Å². The SMILES string of the molecule is N#Cc1ccc(Br)cc1N1CCCN(CCO)CC1. The molecule has 1 fully saturated rings. The van der Waals surface area contributed by atoms with Crippen LogP contribution in [0.25, 0.3) is 0 Å².